The van der Waals surface area contributed by atoms with E-state index < -0.39 is 0 Å². The summed E-state index contributed by atoms with van der Waals surface area (Å²) in [4.78, 5) is 31.7. The van der Waals surface area contributed by atoms with Gasteiger partial charge in [0, 0.05) is 42.1 Å². The number of benzene rings is 2. The molecule has 2 heterocycles. The Balaban J connectivity index is 1.54. The van der Waals surface area contributed by atoms with E-state index in [0.29, 0.717) is 18.7 Å². The lowest BCUT2D eigenvalue weighted by Gasteiger charge is -2.32. The molecule has 1 aliphatic heterocycles. The molecule has 2 aromatic carbocycles. The molecule has 4 rings (SSSR count). The van der Waals surface area contributed by atoms with Gasteiger partial charge in [-0.15, -0.1) is 0 Å². The summed E-state index contributed by atoms with van der Waals surface area (Å²) in [5, 5.41) is 4.69. The Bertz CT molecular complexity index is 1040. The van der Waals surface area contributed by atoms with Crippen molar-refractivity contribution in [2.75, 3.05) is 25.5 Å². The number of anilines is 1. The zero-order valence-corrected chi connectivity index (χ0v) is 16.3. The summed E-state index contributed by atoms with van der Waals surface area (Å²) in [6.07, 6.45) is 4.85. The molecular formula is C23H23N3O3. The minimum absolute atomic E-state index is 0.0507. The third-order valence-electron chi connectivity index (χ3n) is 5.36. The molecule has 148 valence electrons. The molecule has 1 aliphatic rings. The fourth-order valence-electron chi connectivity index (χ4n) is 3.86. The standard InChI is InChI=1S/C23H23N3O3/c1-29-21-9-8-20(18-6-2-3-7-19(18)21)23(28)26-14-4-5-16(15-26)22(27)25-17-10-12-24-13-11-17/h2-3,6-13,16H,4-5,14-15H2,1H3,(H,24,25,27). The first-order valence-electron chi connectivity index (χ1n) is 9.73. The van der Waals surface area contributed by atoms with Crippen LogP contribution in [0.2, 0.25) is 0 Å². The van der Waals surface area contributed by atoms with Gasteiger partial charge in [-0.25, -0.2) is 0 Å². The number of ether oxygens (including phenoxy) is 1. The Kier molecular flexibility index (Phi) is 5.42. The number of carbonyl (C=O) groups is 2. The smallest absolute Gasteiger partial charge is 0.254 e. The summed E-state index contributed by atoms with van der Waals surface area (Å²) in [7, 11) is 1.62. The van der Waals surface area contributed by atoms with Crippen molar-refractivity contribution < 1.29 is 14.3 Å². The van der Waals surface area contributed by atoms with Crippen molar-refractivity contribution in [1.29, 1.82) is 0 Å². The molecule has 0 saturated carbocycles. The number of hydrogen-bond donors (Lipinski definition) is 1. The van der Waals surface area contributed by atoms with E-state index in [-0.39, 0.29) is 17.7 Å². The van der Waals surface area contributed by atoms with E-state index in [4.69, 9.17) is 4.74 Å². The number of nitrogens with zero attached hydrogens (tertiary/aromatic N) is 2. The Labute approximate surface area is 169 Å². The van der Waals surface area contributed by atoms with Crippen molar-refractivity contribution >= 4 is 28.3 Å². The van der Waals surface area contributed by atoms with Crippen molar-refractivity contribution in [1.82, 2.24) is 9.88 Å². The molecule has 1 aromatic heterocycles. The minimum Gasteiger partial charge on any atom is -0.496 e. The second kappa shape index (κ2) is 8.31. The molecule has 0 aliphatic carbocycles. The maximum absolute atomic E-state index is 13.3. The van der Waals surface area contributed by atoms with Gasteiger partial charge in [0.05, 0.1) is 13.0 Å². The van der Waals surface area contributed by atoms with Gasteiger partial charge in [0.1, 0.15) is 5.75 Å². The van der Waals surface area contributed by atoms with E-state index in [1.54, 1.807) is 36.5 Å². The van der Waals surface area contributed by atoms with E-state index in [1.165, 1.54) is 0 Å². The van der Waals surface area contributed by atoms with Gasteiger partial charge in [-0.05, 0) is 42.5 Å². The molecule has 0 radical (unpaired) electrons. The van der Waals surface area contributed by atoms with Crippen LogP contribution >= 0.6 is 0 Å². The fraction of sp³-hybridized carbons (Fsp3) is 0.261. The molecule has 6 nitrogen and oxygen atoms in total. The molecule has 0 bridgehead atoms. The van der Waals surface area contributed by atoms with Crippen molar-refractivity contribution in [3.63, 3.8) is 0 Å². The summed E-state index contributed by atoms with van der Waals surface area (Å²) in [5.41, 5.74) is 1.35. The van der Waals surface area contributed by atoms with E-state index in [2.05, 4.69) is 10.3 Å². The van der Waals surface area contributed by atoms with Crippen LogP contribution < -0.4 is 10.1 Å². The highest BCUT2D eigenvalue weighted by Crippen LogP contribution is 2.30. The summed E-state index contributed by atoms with van der Waals surface area (Å²) in [6, 6.07) is 14.9. The molecule has 2 amide bonds. The number of carbonyl (C=O) groups excluding carboxylic acids is 2. The quantitative estimate of drug-likeness (QED) is 0.738. The van der Waals surface area contributed by atoms with Gasteiger partial charge in [0.2, 0.25) is 5.91 Å². The lowest BCUT2D eigenvalue weighted by atomic mass is 9.95. The highest BCUT2D eigenvalue weighted by atomic mass is 16.5. The lowest BCUT2D eigenvalue weighted by Crippen LogP contribution is -2.43. The number of pyridine rings is 1. The minimum atomic E-state index is -0.231. The molecule has 1 atom stereocenters. The molecule has 29 heavy (non-hydrogen) atoms. The highest BCUT2D eigenvalue weighted by Gasteiger charge is 2.29. The Morgan fingerprint density at radius 3 is 2.59 bits per heavy atom. The first-order chi connectivity index (χ1) is 14.2. The average molecular weight is 389 g/mol. The van der Waals surface area contributed by atoms with Gasteiger partial charge in [-0.2, -0.15) is 0 Å². The fourth-order valence-corrected chi connectivity index (χ4v) is 3.86. The van der Waals surface area contributed by atoms with Crippen molar-refractivity contribution in [3.8, 4) is 5.75 Å². The monoisotopic (exact) mass is 389 g/mol. The van der Waals surface area contributed by atoms with Gasteiger partial charge in [-0.1, -0.05) is 24.3 Å². The maximum atomic E-state index is 13.3. The van der Waals surface area contributed by atoms with E-state index in [1.807, 2.05) is 36.4 Å². The SMILES string of the molecule is COc1ccc(C(=O)N2CCCC(C(=O)Nc3ccncc3)C2)c2ccccc12. The van der Waals surface area contributed by atoms with Crippen molar-refractivity contribution in [2.45, 2.75) is 12.8 Å². The average Bonchev–Trinajstić information content (AvgIpc) is 2.78. The summed E-state index contributed by atoms with van der Waals surface area (Å²) in [6.45, 7) is 1.06. The number of methoxy groups -OCH3 is 1. The molecule has 1 fully saturated rings. The predicted octanol–water partition coefficient (Wildman–Crippen LogP) is 3.73. The van der Waals surface area contributed by atoms with E-state index in [0.717, 1.165) is 35.1 Å². The number of amides is 2. The largest absolute Gasteiger partial charge is 0.496 e. The first kappa shape index (κ1) is 18.9. The van der Waals surface area contributed by atoms with Crippen LogP contribution in [-0.2, 0) is 4.79 Å². The van der Waals surface area contributed by atoms with Crippen LogP contribution in [0.5, 0.6) is 5.75 Å². The molecule has 1 N–H and O–H groups in total. The number of fused-ring (bicyclic) bond motifs is 1. The van der Waals surface area contributed by atoms with Crippen LogP contribution in [0.3, 0.4) is 0 Å². The Morgan fingerprint density at radius 2 is 1.83 bits per heavy atom. The zero-order chi connectivity index (χ0) is 20.2. The third-order valence-corrected chi connectivity index (χ3v) is 5.36. The van der Waals surface area contributed by atoms with Gasteiger partial charge in [-0.3, -0.25) is 14.6 Å². The van der Waals surface area contributed by atoms with Crippen LogP contribution in [-0.4, -0.2) is 41.9 Å². The normalized spacial score (nSPS) is 16.4. The van der Waals surface area contributed by atoms with E-state index in [9.17, 15) is 9.59 Å². The van der Waals surface area contributed by atoms with Crippen molar-refractivity contribution in [2.24, 2.45) is 5.92 Å². The van der Waals surface area contributed by atoms with Gasteiger partial charge in [0.15, 0.2) is 0 Å². The third kappa shape index (κ3) is 3.92. The Morgan fingerprint density at radius 1 is 1.07 bits per heavy atom. The van der Waals surface area contributed by atoms with Crippen LogP contribution in [0.15, 0.2) is 60.9 Å². The topological polar surface area (TPSA) is 71.5 Å². The molecule has 1 unspecified atom stereocenters. The number of aromatic nitrogens is 1. The maximum Gasteiger partial charge on any atom is 0.254 e. The van der Waals surface area contributed by atoms with Crippen LogP contribution in [0.4, 0.5) is 5.69 Å². The summed E-state index contributed by atoms with van der Waals surface area (Å²) >= 11 is 0. The van der Waals surface area contributed by atoms with Crippen LogP contribution in [0.25, 0.3) is 10.8 Å². The number of likely N-dealkylation sites (tertiary alicyclic amines) is 1. The van der Waals surface area contributed by atoms with Gasteiger partial charge < -0.3 is 15.0 Å². The molecular weight excluding hydrogens is 366 g/mol. The lowest BCUT2D eigenvalue weighted by molar-refractivity contribution is -0.121. The number of nitrogens with one attached hydrogen (secondary N) is 1. The number of hydrogen-bond acceptors (Lipinski definition) is 4. The highest BCUT2D eigenvalue weighted by molar-refractivity contribution is 6.08. The van der Waals surface area contributed by atoms with E-state index >= 15 is 0 Å². The van der Waals surface area contributed by atoms with Gasteiger partial charge >= 0.3 is 0 Å². The van der Waals surface area contributed by atoms with Crippen LogP contribution in [0, 0.1) is 5.92 Å². The first-order valence-corrected chi connectivity index (χ1v) is 9.73. The number of piperidine rings is 1. The predicted molar refractivity (Wildman–Crippen MR) is 112 cm³/mol. The summed E-state index contributed by atoms with van der Waals surface area (Å²) < 4.78 is 5.43. The molecule has 3 aromatic rings. The molecule has 1 saturated heterocycles. The zero-order valence-electron chi connectivity index (χ0n) is 16.3. The second-order valence-corrected chi connectivity index (χ2v) is 7.18. The molecule has 6 heteroatoms. The van der Waals surface area contributed by atoms with Crippen LogP contribution in [0.1, 0.15) is 23.2 Å². The number of rotatable bonds is 4. The second-order valence-electron chi connectivity index (χ2n) is 7.18. The van der Waals surface area contributed by atoms with Crippen molar-refractivity contribution in [3.05, 3.63) is 66.5 Å². The molecule has 0 spiro atoms. The summed E-state index contributed by atoms with van der Waals surface area (Å²) in [5.74, 6) is 0.398. The Hall–Kier alpha value is -3.41. The van der Waals surface area contributed by atoms with Gasteiger partial charge in [0.25, 0.3) is 5.91 Å².